The molecule has 0 aliphatic carbocycles. The van der Waals surface area contributed by atoms with Crippen LogP contribution in [0, 0.1) is 34.0 Å². The molecular weight excluding hydrogens is 300 g/mol. The van der Waals surface area contributed by atoms with Gasteiger partial charge in [0, 0.05) is 23.6 Å². The fourth-order valence-corrected chi connectivity index (χ4v) is 2.26. The lowest BCUT2D eigenvalue weighted by Gasteiger charge is -2.06. The predicted molar refractivity (Wildman–Crippen MR) is 88.1 cm³/mol. The van der Waals surface area contributed by atoms with Gasteiger partial charge in [0.2, 0.25) is 0 Å². The Labute approximate surface area is 138 Å². The van der Waals surface area contributed by atoms with Crippen molar-refractivity contribution in [3.05, 3.63) is 66.1 Å². The number of benzene rings is 1. The molecule has 6 heteroatoms. The van der Waals surface area contributed by atoms with E-state index in [-0.39, 0.29) is 11.3 Å². The summed E-state index contributed by atoms with van der Waals surface area (Å²) < 4.78 is 1.92. The van der Waals surface area contributed by atoms with Gasteiger partial charge in [0.25, 0.3) is 0 Å². The van der Waals surface area contributed by atoms with Gasteiger partial charge in [-0.2, -0.15) is 15.8 Å². The number of pyridine rings is 1. The van der Waals surface area contributed by atoms with E-state index in [1.54, 1.807) is 18.2 Å². The molecule has 24 heavy (non-hydrogen) atoms. The highest BCUT2D eigenvalue weighted by Gasteiger charge is 2.08. The molecule has 0 amide bonds. The van der Waals surface area contributed by atoms with Crippen molar-refractivity contribution in [1.82, 2.24) is 9.38 Å². The van der Waals surface area contributed by atoms with E-state index >= 15 is 0 Å². The van der Waals surface area contributed by atoms with Crippen LogP contribution in [0.3, 0.4) is 0 Å². The monoisotopic (exact) mass is 310 g/mol. The van der Waals surface area contributed by atoms with Crippen LogP contribution >= 0.6 is 0 Å². The number of rotatable bonds is 3. The van der Waals surface area contributed by atoms with Crippen molar-refractivity contribution >= 4 is 11.3 Å². The second kappa shape index (κ2) is 6.36. The third kappa shape index (κ3) is 2.78. The van der Waals surface area contributed by atoms with Crippen LogP contribution in [0.25, 0.3) is 16.9 Å². The smallest absolute Gasteiger partial charge is 0.163 e. The van der Waals surface area contributed by atoms with Gasteiger partial charge in [-0.15, -0.1) is 0 Å². The summed E-state index contributed by atoms with van der Waals surface area (Å²) in [6.07, 6.45) is 3.82. The first kappa shape index (κ1) is 14.8. The highest BCUT2D eigenvalue weighted by molar-refractivity contribution is 5.69. The summed E-state index contributed by atoms with van der Waals surface area (Å²) in [5, 5.41) is 29.7. The molecule has 0 aliphatic heterocycles. The van der Waals surface area contributed by atoms with Gasteiger partial charge < -0.3 is 9.72 Å². The predicted octanol–water partition coefficient (Wildman–Crippen LogP) is 3.24. The van der Waals surface area contributed by atoms with E-state index in [9.17, 15) is 0 Å². The number of nitriles is 3. The van der Waals surface area contributed by atoms with Crippen LogP contribution in [0.2, 0.25) is 0 Å². The highest BCUT2D eigenvalue weighted by Crippen LogP contribution is 2.23. The Morgan fingerprint density at radius 3 is 2.54 bits per heavy atom. The minimum Gasteiger partial charge on any atom is -0.345 e. The zero-order valence-electron chi connectivity index (χ0n) is 12.4. The summed E-state index contributed by atoms with van der Waals surface area (Å²) in [5.41, 5.74) is 2.75. The molecule has 0 saturated carbocycles. The molecule has 1 N–H and O–H groups in total. The Morgan fingerprint density at radius 1 is 1.00 bits per heavy atom. The van der Waals surface area contributed by atoms with E-state index in [0.29, 0.717) is 5.69 Å². The van der Waals surface area contributed by atoms with E-state index in [2.05, 4.69) is 10.3 Å². The van der Waals surface area contributed by atoms with Crippen molar-refractivity contribution in [3.63, 3.8) is 0 Å². The zero-order chi connectivity index (χ0) is 16.9. The third-order valence-electron chi connectivity index (χ3n) is 3.38. The van der Waals surface area contributed by atoms with Gasteiger partial charge in [-0.3, -0.25) is 0 Å². The Morgan fingerprint density at radius 2 is 1.83 bits per heavy atom. The quantitative estimate of drug-likeness (QED) is 0.748. The molecule has 3 aromatic rings. The van der Waals surface area contributed by atoms with E-state index < -0.39 is 0 Å². The van der Waals surface area contributed by atoms with Crippen molar-refractivity contribution in [3.8, 4) is 29.5 Å². The minimum atomic E-state index is -0.254. The SMILES string of the molecule is N#CC(C#N)=C(C#N)Nc1cccc(-c2cn3ccccc3n2)c1. The fraction of sp³-hybridized carbons (Fsp3) is 0. The Kier molecular flexibility index (Phi) is 3.93. The van der Waals surface area contributed by atoms with Crippen LogP contribution in [0.15, 0.2) is 66.1 Å². The molecule has 0 aliphatic rings. The van der Waals surface area contributed by atoms with Gasteiger partial charge in [0.1, 0.15) is 29.6 Å². The van der Waals surface area contributed by atoms with Gasteiger partial charge in [-0.1, -0.05) is 18.2 Å². The highest BCUT2D eigenvalue weighted by atomic mass is 15.0. The number of hydrogen-bond donors (Lipinski definition) is 1. The number of hydrogen-bond acceptors (Lipinski definition) is 5. The van der Waals surface area contributed by atoms with Gasteiger partial charge in [-0.05, 0) is 24.3 Å². The molecule has 0 saturated heterocycles. The topological polar surface area (TPSA) is 101 Å². The van der Waals surface area contributed by atoms with E-state index in [1.807, 2.05) is 59.3 Å². The molecule has 2 aromatic heterocycles. The standard InChI is InChI=1S/C18H10N6/c19-9-14(10-20)16(11-21)22-15-5-3-4-13(8-15)17-12-24-7-2-1-6-18(24)23-17/h1-8,12,22H. The van der Waals surface area contributed by atoms with Crippen molar-refractivity contribution in [2.24, 2.45) is 0 Å². The number of imidazole rings is 1. The third-order valence-corrected chi connectivity index (χ3v) is 3.38. The molecule has 6 nitrogen and oxygen atoms in total. The molecule has 0 bridgehead atoms. The number of aromatic nitrogens is 2. The normalized spacial score (nSPS) is 9.54. The van der Waals surface area contributed by atoms with Gasteiger partial charge in [0.15, 0.2) is 5.57 Å². The Hall–Kier alpha value is -4.08. The van der Waals surface area contributed by atoms with Crippen molar-refractivity contribution in [2.45, 2.75) is 0 Å². The van der Waals surface area contributed by atoms with Crippen LogP contribution in [-0.2, 0) is 0 Å². The molecule has 3 rings (SSSR count). The maximum Gasteiger partial charge on any atom is 0.163 e. The van der Waals surface area contributed by atoms with E-state index in [4.69, 9.17) is 15.8 Å². The van der Waals surface area contributed by atoms with Crippen LogP contribution in [-0.4, -0.2) is 9.38 Å². The Bertz CT molecular complexity index is 1020. The molecule has 2 heterocycles. The summed E-state index contributed by atoms with van der Waals surface area (Å²) in [6.45, 7) is 0. The second-order valence-electron chi connectivity index (χ2n) is 4.88. The number of anilines is 1. The largest absolute Gasteiger partial charge is 0.345 e. The van der Waals surface area contributed by atoms with Crippen LogP contribution in [0.5, 0.6) is 0 Å². The summed E-state index contributed by atoms with van der Waals surface area (Å²) in [4.78, 5) is 4.54. The number of nitrogens with zero attached hydrogens (tertiary/aromatic N) is 5. The summed E-state index contributed by atoms with van der Waals surface area (Å²) >= 11 is 0. The van der Waals surface area contributed by atoms with Gasteiger partial charge in [0.05, 0.1) is 5.69 Å². The van der Waals surface area contributed by atoms with Crippen molar-refractivity contribution in [2.75, 3.05) is 5.32 Å². The average Bonchev–Trinajstić information content (AvgIpc) is 3.06. The Balaban J connectivity index is 1.98. The summed E-state index contributed by atoms with van der Waals surface area (Å²) in [5.74, 6) is 0. The first-order valence-corrected chi connectivity index (χ1v) is 7.01. The van der Waals surface area contributed by atoms with Crippen LogP contribution in [0.4, 0.5) is 5.69 Å². The van der Waals surface area contributed by atoms with Gasteiger partial charge >= 0.3 is 0 Å². The maximum atomic E-state index is 9.11. The summed E-state index contributed by atoms with van der Waals surface area (Å²) in [6, 6.07) is 18.3. The lowest BCUT2D eigenvalue weighted by atomic mass is 10.1. The van der Waals surface area contributed by atoms with Gasteiger partial charge in [-0.25, -0.2) is 4.98 Å². The molecule has 0 fully saturated rings. The molecule has 0 atom stereocenters. The first-order chi connectivity index (χ1) is 11.7. The average molecular weight is 310 g/mol. The maximum absolute atomic E-state index is 9.11. The second-order valence-corrected chi connectivity index (χ2v) is 4.88. The molecule has 0 unspecified atom stereocenters. The van der Waals surface area contributed by atoms with Crippen molar-refractivity contribution in [1.29, 1.82) is 15.8 Å². The molecule has 1 aromatic carbocycles. The molecule has 112 valence electrons. The lowest BCUT2D eigenvalue weighted by molar-refractivity contribution is 1.19. The number of fused-ring (bicyclic) bond motifs is 1. The molecular formula is C18H10N6. The fourth-order valence-electron chi connectivity index (χ4n) is 2.26. The van der Waals surface area contributed by atoms with E-state index in [0.717, 1.165) is 16.9 Å². The summed E-state index contributed by atoms with van der Waals surface area (Å²) in [7, 11) is 0. The van der Waals surface area contributed by atoms with Crippen LogP contribution in [0.1, 0.15) is 0 Å². The minimum absolute atomic E-state index is 0.0767. The molecule has 0 radical (unpaired) electrons. The number of allylic oxidation sites excluding steroid dienone is 2. The molecule has 0 spiro atoms. The van der Waals surface area contributed by atoms with Crippen molar-refractivity contribution < 1.29 is 0 Å². The zero-order valence-corrected chi connectivity index (χ0v) is 12.4. The lowest BCUT2D eigenvalue weighted by Crippen LogP contribution is -2.00. The first-order valence-electron chi connectivity index (χ1n) is 7.01. The van der Waals surface area contributed by atoms with E-state index in [1.165, 1.54) is 0 Å². The van der Waals surface area contributed by atoms with Crippen LogP contribution < -0.4 is 5.32 Å². The number of nitrogens with one attached hydrogen (secondary N) is 1.